The minimum Gasteiger partial charge on any atom is -0.497 e. The van der Waals surface area contributed by atoms with Crippen LogP contribution in [0.2, 0.25) is 5.02 Å². The number of carbonyl (C=O) groups is 1. The molecule has 31 heavy (non-hydrogen) atoms. The summed E-state index contributed by atoms with van der Waals surface area (Å²) in [4.78, 5) is 17.3. The van der Waals surface area contributed by atoms with E-state index >= 15 is 0 Å². The fourth-order valence-electron chi connectivity index (χ4n) is 3.69. The van der Waals surface area contributed by atoms with Crippen LogP contribution < -0.4 is 14.8 Å². The molecular weight excluding hydrogens is 414 g/mol. The number of carbonyl (C=O) groups excluding carboxylic acids is 1. The molecule has 3 aromatic rings. The van der Waals surface area contributed by atoms with E-state index in [-0.39, 0.29) is 18.2 Å². The maximum Gasteiger partial charge on any atom is 0.221 e. The van der Waals surface area contributed by atoms with E-state index in [1.165, 1.54) is 12.8 Å². The minimum absolute atomic E-state index is 0.000244. The molecule has 0 fully saturated rings. The van der Waals surface area contributed by atoms with Gasteiger partial charge in [-0.15, -0.1) is 0 Å². The van der Waals surface area contributed by atoms with Crippen LogP contribution in [0.5, 0.6) is 11.5 Å². The molecule has 2 aromatic heterocycles. The number of aromatic nitrogens is 2. The molecule has 3 rings (SSSR count). The molecule has 1 N–H and O–H groups in total. The van der Waals surface area contributed by atoms with Crippen LogP contribution in [0.25, 0.3) is 5.65 Å². The van der Waals surface area contributed by atoms with Gasteiger partial charge < -0.3 is 19.2 Å². The van der Waals surface area contributed by atoms with Gasteiger partial charge in [-0.05, 0) is 36.2 Å². The summed E-state index contributed by atoms with van der Waals surface area (Å²) < 4.78 is 12.8. The molecule has 7 heteroatoms. The first kappa shape index (κ1) is 22.9. The average Bonchev–Trinajstić information content (AvgIpc) is 3.19. The third-order valence-corrected chi connectivity index (χ3v) is 5.60. The molecule has 1 atom stereocenters. The largest absolute Gasteiger partial charge is 0.497 e. The van der Waals surface area contributed by atoms with Crippen LogP contribution in [0.3, 0.4) is 0 Å². The van der Waals surface area contributed by atoms with E-state index in [1.807, 2.05) is 34.9 Å². The Bertz CT molecular complexity index is 996. The zero-order valence-electron chi connectivity index (χ0n) is 18.4. The molecule has 0 radical (unpaired) electrons. The molecule has 166 valence electrons. The van der Waals surface area contributed by atoms with E-state index in [0.717, 1.165) is 29.7 Å². The number of methoxy groups -OCH3 is 2. The third-order valence-electron chi connectivity index (χ3n) is 5.37. The van der Waals surface area contributed by atoms with E-state index in [2.05, 4.69) is 17.2 Å². The SMILES string of the molecule is CCCCCCNC(=O)CC(c1cc(OC)cc(OC)c1)c1cnc2ccc(Cl)cn12. The van der Waals surface area contributed by atoms with Crippen molar-refractivity contribution in [1.82, 2.24) is 14.7 Å². The van der Waals surface area contributed by atoms with Crippen molar-refractivity contribution in [3.63, 3.8) is 0 Å². The molecular formula is C24H30ClN3O3. The maximum absolute atomic E-state index is 12.8. The number of halogens is 1. The maximum atomic E-state index is 12.8. The fourth-order valence-corrected chi connectivity index (χ4v) is 3.85. The molecule has 6 nitrogen and oxygen atoms in total. The lowest BCUT2D eigenvalue weighted by Gasteiger charge is -2.19. The van der Waals surface area contributed by atoms with Gasteiger partial charge in [0, 0.05) is 37.3 Å². The Labute approximate surface area is 188 Å². The smallest absolute Gasteiger partial charge is 0.221 e. The van der Waals surface area contributed by atoms with Crippen LogP contribution in [-0.2, 0) is 4.79 Å². The highest BCUT2D eigenvalue weighted by atomic mass is 35.5. The first-order valence-electron chi connectivity index (χ1n) is 10.7. The van der Waals surface area contributed by atoms with Crippen LogP contribution in [0.4, 0.5) is 0 Å². The van der Waals surface area contributed by atoms with Crippen LogP contribution >= 0.6 is 11.6 Å². The second-order valence-corrected chi connectivity index (χ2v) is 8.01. The standard InChI is InChI=1S/C24H30ClN3O3/c1-4-5-6-7-10-26-24(29)14-21(17-11-19(30-2)13-20(12-17)31-3)22-15-27-23-9-8-18(25)16-28(22)23/h8-9,11-13,15-16,21H,4-7,10,14H2,1-3H3,(H,26,29). The van der Waals surface area contributed by atoms with Crippen molar-refractivity contribution in [2.75, 3.05) is 20.8 Å². The van der Waals surface area contributed by atoms with Gasteiger partial charge in [-0.2, -0.15) is 0 Å². The highest BCUT2D eigenvalue weighted by Gasteiger charge is 2.23. The van der Waals surface area contributed by atoms with E-state index in [0.29, 0.717) is 23.1 Å². The Balaban J connectivity index is 1.93. The first-order chi connectivity index (χ1) is 15.0. The number of hydrogen-bond donors (Lipinski definition) is 1. The van der Waals surface area contributed by atoms with Gasteiger partial charge in [-0.25, -0.2) is 4.98 Å². The van der Waals surface area contributed by atoms with Gasteiger partial charge in [0.15, 0.2) is 0 Å². The number of nitrogens with zero attached hydrogens (tertiary/aromatic N) is 2. The molecule has 0 spiro atoms. The second kappa shape index (κ2) is 11.0. The third kappa shape index (κ3) is 5.91. The highest BCUT2D eigenvalue weighted by Crippen LogP contribution is 2.34. The summed E-state index contributed by atoms with van der Waals surface area (Å²) in [6.07, 6.45) is 8.38. The zero-order valence-corrected chi connectivity index (χ0v) is 19.1. The van der Waals surface area contributed by atoms with E-state index in [9.17, 15) is 4.79 Å². The second-order valence-electron chi connectivity index (χ2n) is 7.57. The summed E-state index contributed by atoms with van der Waals surface area (Å²) in [6, 6.07) is 9.36. The number of unbranched alkanes of at least 4 members (excludes halogenated alkanes) is 3. The molecule has 0 aliphatic heterocycles. The summed E-state index contributed by atoms with van der Waals surface area (Å²) in [5.41, 5.74) is 2.58. The van der Waals surface area contributed by atoms with Gasteiger partial charge in [0.1, 0.15) is 17.1 Å². The van der Waals surface area contributed by atoms with Crippen molar-refractivity contribution < 1.29 is 14.3 Å². The number of benzene rings is 1. The van der Waals surface area contributed by atoms with Crippen molar-refractivity contribution in [2.24, 2.45) is 0 Å². The van der Waals surface area contributed by atoms with Crippen molar-refractivity contribution in [3.8, 4) is 11.5 Å². The number of ether oxygens (including phenoxy) is 2. The van der Waals surface area contributed by atoms with Gasteiger partial charge in [0.05, 0.1) is 24.9 Å². The topological polar surface area (TPSA) is 64.9 Å². The molecule has 1 amide bonds. The molecule has 1 unspecified atom stereocenters. The molecule has 1 aromatic carbocycles. The first-order valence-corrected chi connectivity index (χ1v) is 11.1. The summed E-state index contributed by atoms with van der Waals surface area (Å²) in [7, 11) is 3.23. The molecule has 2 heterocycles. The molecule has 0 aliphatic carbocycles. The van der Waals surface area contributed by atoms with Gasteiger partial charge in [-0.3, -0.25) is 4.79 Å². The van der Waals surface area contributed by atoms with E-state index < -0.39 is 0 Å². The number of pyridine rings is 1. The Morgan fingerprint density at radius 1 is 1.13 bits per heavy atom. The monoisotopic (exact) mass is 443 g/mol. The number of amides is 1. The van der Waals surface area contributed by atoms with Gasteiger partial charge >= 0.3 is 0 Å². The number of rotatable bonds is 11. The number of hydrogen-bond acceptors (Lipinski definition) is 4. The zero-order chi connectivity index (χ0) is 22.2. The summed E-state index contributed by atoms with van der Waals surface area (Å²) >= 11 is 6.24. The Hall–Kier alpha value is -2.73. The van der Waals surface area contributed by atoms with Crippen molar-refractivity contribution in [1.29, 1.82) is 0 Å². The van der Waals surface area contributed by atoms with Crippen molar-refractivity contribution in [2.45, 2.75) is 44.9 Å². The Kier molecular flexibility index (Phi) is 8.18. The lowest BCUT2D eigenvalue weighted by Crippen LogP contribution is -2.26. The van der Waals surface area contributed by atoms with Gasteiger partial charge in [-0.1, -0.05) is 37.8 Å². The van der Waals surface area contributed by atoms with Crippen molar-refractivity contribution in [3.05, 3.63) is 59.0 Å². The van der Waals surface area contributed by atoms with Crippen molar-refractivity contribution >= 4 is 23.2 Å². The fraction of sp³-hybridized carbons (Fsp3) is 0.417. The quantitative estimate of drug-likeness (QED) is 0.412. The highest BCUT2D eigenvalue weighted by molar-refractivity contribution is 6.30. The lowest BCUT2D eigenvalue weighted by atomic mass is 9.91. The summed E-state index contributed by atoms with van der Waals surface area (Å²) in [6.45, 7) is 2.86. The van der Waals surface area contributed by atoms with E-state index in [4.69, 9.17) is 21.1 Å². The predicted octanol–water partition coefficient (Wildman–Crippen LogP) is 5.22. The van der Waals surface area contributed by atoms with Crippen LogP contribution in [0, 0.1) is 0 Å². The molecule has 0 saturated carbocycles. The predicted molar refractivity (Wildman–Crippen MR) is 123 cm³/mol. The number of fused-ring (bicyclic) bond motifs is 1. The normalized spacial score (nSPS) is 12.0. The number of nitrogens with one attached hydrogen (secondary N) is 1. The summed E-state index contributed by atoms with van der Waals surface area (Å²) in [5.74, 6) is 1.10. The molecule has 0 saturated heterocycles. The molecule has 0 aliphatic rings. The van der Waals surface area contributed by atoms with Gasteiger partial charge in [0.2, 0.25) is 5.91 Å². The van der Waals surface area contributed by atoms with Crippen LogP contribution in [0.15, 0.2) is 42.7 Å². The minimum atomic E-state index is -0.242. The molecule has 0 bridgehead atoms. The van der Waals surface area contributed by atoms with Crippen LogP contribution in [0.1, 0.15) is 56.2 Å². The average molecular weight is 444 g/mol. The van der Waals surface area contributed by atoms with Crippen LogP contribution in [-0.4, -0.2) is 36.1 Å². The van der Waals surface area contributed by atoms with E-state index in [1.54, 1.807) is 26.5 Å². The Morgan fingerprint density at radius 3 is 2.55 bits per heavy atom. The Morgan fingerprint density at radius 2 is 1.87 bits per heavy atom. The van der Waals surface area contributed by atoms with Gasteiger partial charge in [0.25, 0.3) is 0 Å². The number of imidazole rings is 1. The summed E-state index contributed by atoms with van der Waals surface area (Å²) in [5, 5.41) is 3.67. The lowest BCUT2D eigenvalue weighted by molar-refractivity contribution is -0.121.